The molecule has 0 fully saturated rings. The minimum atomic E-state index is -1.62. The van der Waals surface area contributed by atoms with Gasteiger partial charge < -0.3 is 30.4 Å². The molecule has 0 saturated carbocycles. The van der Waals surface area contributed by atoms with Crippen LogP contribution in [0.15, 0.2) is 29.1 Å². The van der Waals surface area contributed by atoms with Gasteiger partial charge in [0.1, 0.15) is 22.7 Å². The molecule has 1 aromatic heterocycles. The van der Waals surface area contributed by atoms with Crippen LogP contribution in [0.2, 0.25) is 0 Å². The van der Waals surface area contributed by atoms with Crippen molar-refractivity contribution in [3.63, 3.8) is 0 Å². The lowest BCUT2D eigenvalue weighted by molar-refractivity contribution is -0.145. The van der Waals surface area contributed by atoms with Crippen molar-refractivity contribution < 1.29 is 34.1 Å². The number of carbonyl (C=O) groups is 3. The van der Waals surface area contributed by atoms with Gasteiger partial charge in [-0.1, -0.05) is 12.1 Å². The number of nitrogens with two attached hydrogens (primary N) is 1. The second-order valence-electron chi connectivity index (χ2n) is 5.22. The topological polar surface area (TPSA) is 169 Å². The van der Waals surface area contributed by atoms with Gasteiger partial charge in [0.2, 0.25) is 0 Å². The molecule has 0 atom stereocenters. The zero-order chi connectivity index (χ0) is 20.1. The summed E-state index contributed by atoms with van der Waals surface area (Å²) in [7, 11) is 0. The van der Waals surface area contributed by atoms with E-state index in [1.807, 2.05) is 4.98 Å². The van der Waals surface area contributed by atoms with E-state index in [0.717, 1.165) is 0 Å². The van der Waals surface area contributed by atoms with E-state index >= 15 is 0 Å². The molecule has 1 aromatic carbocycles. The number of ether oxygens (including phenoxy) is 2. The third-order valence-electron chi connectivity index (χ3n) is 3.46. The molecular weight excluding hydrogens is 360 g/mol. The number of benzene rings is 1. The van der Waals surface area contributed by atoms with Crippen molar-refractivity contribution in [2.75, 3.05) is 18.9 Å². The lowest BCUT2D eigenvalue weighted by Gasteiger charge is -2.13. The SMILES string of the molecule is CCOC(=O)COc1cccc(-c2c(C(=O)O)c(N)[nH]c(=O)c2C(=O)O)c1. The molecule has 1 heterocycles. The first kappa shape index (κ1) is 19.5. The molecule has 0 spiro atoms. The molecule has 5 N–H and O–H groups in total. The van der Waals surface area contributed by atoms with Crippen LogP contribution in [-0.4, -0.2) is 46.3 Å². The van der Waals surface area contributed by atoms with E-state index in [2.05, 4.69) is 0 Å². The molecule has 10 heteroatoms. The minimum absolute atomic E-state index is 0.0731. The van der Waals surface area contributed by atoms with E-state index in [-0.39, 0.29) is 23.5 Å². The highest BCUT2D eigenvalue weighted by Crippen LogP contribution is 2.31. The van der Waals surface area contributed by atoms with Crippen molar-refractivity contribution in [1.82, 2.24) is 4.98 Å². The Kier molecular flexibility index (Phi) is 5.81. The molecule has 0 amide bonds. The molecule has 27 heavy (non-hydrogen) atoms. The number of nitrogen functional groups attached to an aromatic ring is 1. The number of carbonyl (C=O) groups excluding carboxylic acids is 1. The summed E-state index contributed by atoms with van der Waals surface area (Å²) in [5.41, 5.74) is 2.91. The monoisotopic (exact) mass is 376 g/mol. The molecule has 10 nitrogen and oxygen atoms in total. The quantitative estimate of drug-likeness (QED) is 0.514. The van der Waals surface area contributed by atoms with Gasteiger partial charge in [-0.05, 0) is 24.6 Å². The summed E-state index contributed by atoms with van der Waals surface area (Å²) >= 11 is 0. The van der Waals surface area contributed by atoms with E-state index in [1.165, 1.54) is 24.3 Å². The first-order valence-corrected chi connectivity index (χ1v) is 7.67. The minimum Gasteiger partial charge on any atom is -0.482 e. The van der Waals surface area contributed by atoms with Crippen molar-refractivity contribution >= 4 is 23.7 Å². The summed E-state index contributed by atoms with van der Waals surface area (Å²) in [4.78, 5) is 48.5. The van der Waals surface area contributed by atoms with Crippen molar-refractivity contribution in [3.8, 4) is 16.9 Å². The molecule has 0 aliphatic rings. The Balaban J connectivity index is 2.59. The molecule has 2 aromatic rings. The second kappa shape index (κ2) is 8.04. The van der Waals surface area contributed by atoms with Gasteiger partial charge in [-0.3, -0.25) is 4.79 Å². The number of nitrogens with one attached hydrogen (secondary N) is 1. The van der Waals surface area contributed by atoms with Crippen molar-refractivity contribution in [1.29, 1.82) is 0 Å². The van der Waals surface area contributed by atoms with Gasteiger partial charge in [0, 0.05) is 5.56 Å². The maximum absolute atomic E-state index is 12.0. The number of esters is 1. The van der Waals surface area contributed by atoms with Crippen LogP contribution in [0.3, 0.4) is 0 Å². The Bertz CT molecular complexity index is 964. The number of anilines is 1. The largest absolute Gasteiger partial charge is 0.482 e. The molecule has 0 unspecified atom stereocenters. The lowest BCUT2D eigenvalue weighted by atomic mass is 9.95. The Morgan fingerprint density at radius 1 is 1.15 bits per heavy atom. The summed E-state index contributed by atoms with van der Waals surface area (Å²) in [5.74, 6) is -4.08. The van der Waals surface area contributed by atoms with Crippen LogP contribution in [0.25, 0.3) is 11.1 Å². The van der Waals surface area contributed by atoms with Gasteiger partial charge in [0.25, 0.3) is 5.56 Å². The normalized spacial score (nSPS) is 10.3. The number of aromatic nitrogens is 1. The van der Waals surface area contributed by atoms with Crippen LogP contribution in [0.4, 0.5) is 5.82 Å². The summed E-state index contributed by atoms with van der Waals surface area (Å²) < 4.78 is 9.99. The average molecular weight is 376 g/mol. The van der Waals surface area contributed by atoms with Gasteiger partial charge in [-0.2, -0.15) is 0 Å². The molecule has 0 bridgehead atoms. The zero-order valence-corrected chi connectivity index (χ0v) is 14.1. The predicted molar refractivity (Wildman–Crippen MR) is 93.0 cm³/mol. The highest BCUT2D eigenvalue weighted by molar-refractivity contribution is 6.07. The smallest absolute Gasteiger partial charge is 0.344 e. The molecule has 0 aliphatic carbocycles. The third-order valence-corrected chi connectivity index (χ3v) is 3.46. The molecular formula is C17H16N2O8. The first-order chi connectivity index (χ1) is 12.8. The van der Waals surface area contributed by atoms with Crippen LogP contribution in [0.1, 0.15) is 27.6 Å². The Labute approximate surface area is 152 Å². The molecule has 2 rings (SSSR count). The Morgan fingerprint density at radius 2 is 1.81 bits per heavy atom. The number of H-pyrrole nitrogens is 1. The lowest BCUT2D eigenvalue weighted by Crippen LogP contribution is -2.24. The van der Waals surface area contributed by atoms with Gasteiger partial charge in [-0.25, -0.2) is 14.4 Å². The number of carboxylic acid groups (broad SMARTS) is 2. The summed E-state index contributed by atoms with van der Waals surface area (Å²) in [6.45, 7) is 1.42. The van der Waals surface area contributed by atoms with E-state index in [9.17, 15) is 29.4 Å². The van der Waals surface area contributed by atoms with E-state index in [0.29, 0.717) is 0 Å². The van der Waals surface area contributed by atoms with E-state index in [1.54, 1.807) is 6.92 Å². The van der Waals surface area contributed by atoms with Crippen LogP contribution in [0, 0.1) is 0 Å². The predicted octanol–water partition coefficient (Wildman–Crippen LogP) is 0.962. The number of aromatic carboxylic acids is 2. The fourth-order valence-corrected chi connectivity index (χ4v) is 2.42. The number of hydrogen-bond donors (Lipinski definition) is 4. The Morgan fingerprint density at radius 3 is 2.41 bits per heavy atom. The standard InChI is InChI=1S/C17H16N2O8/c1-2-26-10(20)7-27-9-5-3-4-8(6-9)11-12(16(22)23)14(18)19-15(21)13(11)17(24)25/h3-6H,2,7H2,1H3,(H,22,23)(H,24,25)(H3,18,19,21). The van der Waals surface area contributed by atoms with Crippen LogP contribution in [-0.2, 0) is 9.53 Å². The first-order valence-electron chi connectivity index (χ1n) is 7.67. The average Bonchev–Trinajstić information content (AvgIpc) is 2.59. The number of hydrogen-bond acceptors (Lipinski definition) is 7. The molecule has 0 aliphatic heterocycles. The fraction of sp³-hybridized carbons (Fsp3) is 0.176. The third kappa shape index (κ3) is 4.24. The highest BCUT2D eigenvalue weighted by Gasteiger charge is 2.26. The maximum Gasteiger partial charge on any atom is 0.344 e. The summed E-state index contributed by atoms with van der Waals surface area (Å²) in [6.07, 6.45) is 0. The number of carboxylic acids is 2. The summed E-state index contributed by atoms with van der Waals surface area (Å²) in [6, 6.07) is 5.61. The van der Waals surface area contributed by atoms with Gasteiger partial charge in [0.15, 0.2) is 6.61 Å². The molecule has 0 saturated heterocycles. The Hall–Kier alpha value is -3.82. The van der Waals surface area contributed by atoms with E-state index < -0.39 is 47.0 Å². The van der Waals surface area contributed by atoms with E-state index in [4.69, 9.17) is 15.2 Å². The molecule has 142 valence electrons. The van der Waals surface area contributed by atoms with Crippen molar-refractivity contribution in [2.45, 2.75) is 6.92 Å². The van der Waals surface area contributed by atoms with Crippen LogP contribution in [0.5, 0.6) is 5.75 Å². The molecule has 0 radical (unpaired) electrons. The van der Waals surface area contributed by atoms with Gasteiger partial charge >= 0.3 is 17.9 Å². The maximum atomic E-state index is 12.0. The van der Waals surface area contributed by atoms with Gasteiger partial charge in [0.05, 0.1) is 6.61 Å². The van der Waals surface area contributed by atoms with Crippen LogP contribution < -0.4 is 16.0 Å². The van der Waals surface area contributed by atoms with Crippen molar-refractivity contribution in [2.24, 2.45) is 0 Å². The zero-order valence-electron chi connectivity index (χ0n) is 14.1. The van der Waals surface area contributed by atoms with Crippen molar-refractivity contribution in [3.05, 3.63) is 45.7 Å². The fourth-order valence-electron chi connectivity index (χ4n) is 2.42. The second-order valence-corrected chi connectivity index (χ2v) is 5.22. The number of pyridine rings is 1. The van der Waals surface area contributed by atoms with Crippen LogP contribution >= 0.6 is 0 Å². The number of rotatable bonds is 7. The van der Waals surface area contributed by atoms with Gasteiger partial charge in [-0.15, -0.1) is 0 Å². The highest BCUT2D eigenvalue weighted by atomic mass is 16.6. The number of aromatic amines is 1. The summed E-state index contributed by atoms with van der Waals surface area (Å²) in [5, 5.41) is 18.8.